The third-order valence-corrected chi connectivity index (χ3v) is 3.80. The van der Waals surface area contributed by atoms with Gasteiger partial charge in [-0.2, -0.15) is 13.2 Å². The Morgan fingerprint density at radius 3 is 2.56 bits per heavy atom. The largest absolute Gasteiger partial charge is 0.489 e. The molecular weight excluding hydrogens is 340 g/mol. The van der Waals surface area contributed by atoms with Crippen molar-refractivity contribution in [2.75, 3.05) is 13.7 Å². The van der Waals surface area contributed by atoms with Gasteiger partial charge < -0.3 is 9.47 Å². The predicted molar refractivity (Wildman–Crippen MR) is 81.8 cm³/mol. The van der Waals surface area contributed by atoms with Crippen molar-refractivity contribution in [2.24, 2.45) is 0 Å². The highest BCUT2D eigenvalue weighted by Crippen LogP contribution is 2.39. The molecule has 0 aromatic heterocycles. The van der Waals surface area contributed by atoms with E-state index in [1.54, 1.807) is 6.08 Å². The summed E-state index contributed by atoms with van der Waals surface area (Å²) in [7, 11) is 1.14. The summed E-state index contributed by atoms with van der Waals surface area (Å²) in [6.07, 6.45) is -3.02. The second-order valence-corrected chi connectivity index (χ2v) is 5.32. The zero-order chi connectivity index (χ0) is 18.2. The van der Waals surface area contributed by atoms with Crippen molar-refractivity contribution < 1.29 is 31.8 Å². The topological polar surface area (TPSA) is 35.5 Å². The Labute approximate surface area is 140 Å². The third kappa shape index (κ3) is 3.22. The average molecular weight is 352 g/mol. The number of benzene rings is 2. The first kappa shape index (κ1) is 17.0. The maximum absolute atomic E-state index is 13.4. The van der Waals surface area contributed by atoms with Gasteiger partial charge in [0.25, 0.3) is 0 Å². The minimum atomic E-state index is -4.57. The molecule has 0 spiro atoms. The number of rotatable bonds is 2. The van der Waals surface area contributed by atoms with Gasteiger partial charge >= 0.3 is 12.1 Å². The summed E-state index contributed by atoms with van der Waals surface area (Å²) in [5.41, 5.74) is -0.104. The molecule has 0 amide bonds. The highest BCUT2D eigenvalue weighted by molar-refractivity contribution is 5.99. The Hall–Kier alpha value is -2.83. The highest BCUT2D eigenvalue weighted by Gasteiger charge is 2.32. The average Bonchev–Trinajstić information content (AvgIpc) is 2.59. The van der Waals surface area contributed by atoms with Crippen LogP contribution < -0.4 is 4.74 Å². The molecule has 0 saturated heterocycles. The fourth-order valence-corrected chi connectivity index (χ4v) is 2.65. The fraction of sp³-hybridized carbons (Fsp3) is 0.167. The van der Waals surface area contributed by atoms with E-state index in [1.807, 2.05) is 0 Å². The molecule has 130 valence electrons. The molecule has 1 aliphatic heterocycles. The number of methoxy groups -OCH3 is 1. The van der Waals surface area contributed by atoms with Gasteiger partial charge in [0, 0.05) is 11.6 Å². The molecule has 0 atom stereocenters. The van der Waals surface area contributed by atoms with Crippen molar-refractivity contribution in [1.82, 2.24) is 0 Å². The van der Waals surface area contributed by atoms with Crippen molar-refractivity contribution in [3.63, 3.8) is 0 Å². The smallest absolute Gasteiger partial charge is 0.416 e. The summed E-state index contributed by atoms with van der Waals surface area (Å²) < 4.78 is 62.6. The van der Waals surface area contributed by atoms with Crippen molar-refractivity contribution in [3.8, 4) is 5.75 Å². The maximum Gasteiger partial charge on any atom is 0.416 e. The molecule has 2 aromatic rings. The van der Waals surface area contributed by atoms with Gasteiger partial charge in [0.15, 0.2) is 0 Å². The molecule has 0 bridgehead atoms. The monoisotopic (exact) mass is 352 g/mol. The van der Waals surface area contributed by atoms with Gasteiger partial charge in [0.05, 0.1) is 18.2 Å². The second-order valence-electron chi connectivity index (χ2n) is 5.32. The van der Waals surface area contributed by atoms with Crippen LogP contribution in [0.4, 0.5) is 17.6 Å². The van der Waals surface area contributed by atoms with Crippen LogP contribution in [0.1, 0.15) is 27.0 Å². The molecule has 0 aliphatic carbocycles. The van der Waals surface area contributed by atoms with Gasteiger partial charge in [-0.1, -0.05) is 0 Å². The maximum atomic E-state index is 13.4. The van der Waals surface area contributed by atoms with E-state index in [0.717, 1.165) is 31.4 Å². The summed E-state index contributed by atoms with van der Waals surface area (Å²) in [4.78, 5) is 12.0. The van der Waals surface area contributed by atoms with Crippen LogP contribution >= 0.6 is 0 Å². The SMILES string of the molecule is COC(=O)c1ccc(C(F)(F)F)cc1C1=CCOc2cc(F)ccc21. The first-order chi connectivity index (χ1) is 11.8. The van der Waals surface area contributed by atoms with Crippen LogP contribution in [-0.2, 0) is 10.9 Å². The highest BCUT2D eigenvalue weighted by atomic mass is 19.4. The zero-order valence-electron chi connectivity index (χ0n) is 13.0. The van der Waals surface area contributed by atoms with Gasteiger partial charge in [-0.3, -0.25) is 0 Å². The molecule has 3 nitrogen and oxygen atoms in total. The van der Waals surface area contributed by atoms with E-state index in [4.69, 9.17) is 4.74 Å². The fourth-order valence-electron chi connectivity index (χ4n) is 2.65. The molecule has 2 aromatic carbocycles. The second kappa shape index (κ2) is 6.23. The Morgan fingerprint density at radius 1 is 1.12 bits per heavy atom. The van der Waals surface area contributed by atoms with Crippen molar-refractivity contribution >= 4 is 11.5 Å². The first-order valence-corrected chi connectivity index (χ1v) is 7.24. The molecule has 0 radical (unpaired) electrons. The zero-order valence-corrected chi connectivity index (χ0v) is 13.0. The molecule has 7 heteroatoms. The number of ether oxygens (including phenoxy) is 2. The van der Waals surface area contributed by atoms with Crippen LogP contribution in [-0.4, -0.2) is 19.7 Å². The molecule has 1 heterocycles. The van der Waals surface area contributed by atoms with E-state index >= 15 is 0 Å². The van der Waals surface area contributed by atoms with Crippen molar-refractivity contribution in [2.45, 2.75) is 6.18 Å². The third-order valence-electron chi connectivity index (χ3n) is 3.80. The van der Waals surface area contributed by atoms with Gasteiger partial charge in [0.2, 0.25) is 0 Å². The molecule has 0 unspecified atom stereocenters. The lowest BCUT2D eigenvalue weighted by Gasteiger charge is -2.21. The number of hydrogen-bond donors (Lipinski definition) is 0. The predicted octanol–water partition coefficient (Wildman–Crippen LogP) is 4.46. The summed E-state index contributed by atoms with van der Waals surface area (Å²) in [5.74, 6) is -1.09. The molecule has 0 fully saturated rings. The van der Waals surface area contributed by atoms with E-state index in [-0.39, 0.29) is 23.5 Å². The van der Waals surface area contributed by atoms with Gasteiger partial charge in [-0.05, 0) is 47.5 Å². The lowest BCUT2D eigenvalue weighted by Crippen LogP contribution is -2.13. The Bertz CT molecular complexity index is 869. The van der Waals surface area contributed by atoms with Crippen molar-refractivity contribution in [3.05, 3.63) is 70.5 Å². The Kier molecular flexibility index (Phi) is 4.24. The summed E-state index contributed by atoms with van der Waals surface area (Å²) in [6, 6.07) is 6.50. The van der Waals surface area contributed by atoms with Crippen molar-refractivity contribution in [1.29, 1.82) is 0 Å². The standard InChI is InChI=1S/C18H12F4O3/c1-24-17(23)14-4-2-10(18(20,21)22)8-15(14)12-6-7-25-16-9-11(19)3-5-13(12)16/h2-6,8-9H,7H2,1H3. The number of halogens is 4. The molecule has 0 N–H and O–H groups in total. The number of carbonyl (C=O) groups excluding carboxylic acids is 1. The number of alkyl halides is 3. The molecule has 0 saturated carbocycles. The summed E-state index contributed by atoms with van der Waals surface area (Å²) in [6.45, 7) is 0.0443. The summed E-state index contributed by atoms with van der Waals surface area (Å²) in [5, 5.41) is 0. The van der Waals surface area contributed by atoms with Crippen LogP contribution in [0.5, 0.6) is 5.75 Å². The first-order valence-electron chi connectivity index (χ1n) is 7.24. The van der Waals surface area contributed by atoms with Gasteiger partial charge in [-0.25, -0.2) is 9.18 Å². The minimum absolute atomic E-state index is 0.0149. The normalized spacial score (nSPS) is 13.6. The van der Waals surface area contributed by atoms with E-state index in [1.165, 1.54) is 12.1 Å². The Balaban J connectivity index is 2.22. The van der Waals surface area contributed by atoms with E-state index in [9.17, 15) is 22.4 Å². The lowest BCUT2D eigenvalue weighted by molar-refractivity contribution is -0.137. The molecule has 3 rings (SSSR count). The van der Waals surface area contributed by atoms with Gasteiger partial charge in [0.1, 0.15) is 18.2 Å². The van der Waals surface area contributed by atoms with Crippen LogP contribution in [0.2, 0.25) is 0 Å². The molecular formula is C18H12F4O3. The minimum Gasteiger partial charge on any atom is -0.489 e. The van der Waals surface area contributed by atoms with Crippen LogP contribution in [0.25, 0.3) is 5.57 Å². The van der Waals surface area contributed by atoms with Crippen LogP contribution in [0.3, 0.4) is 0 Å². The Morgan fingerprint density at radius 2 is 1.88 bits per heavy atom. The quantitative estimate of drug-likeness (QED) is 0.592. The van der Waals surface area contributed by atoms with E-state index in [0.29, 0.717) is 11.1 Å². The van der Waals surface area contributed by atoms with E-state index in [2.05, 4.69) is 4.74 Å². The number of hydrogen-bond acceptors (Lipinski definition) is 3. The molecule has 25 heavy (non-hydrogen) atoms. The lowest BCUT2D eigenvalue weighted by atomic mass is 9.90. The number of fused-ring (bicyclic) bond motifs is 1. The number of carbonyl (C=O) groups is 1. The van der Waals surface area contributed by atoms with Crippen LogP contribution in [0.15, 0.2) is 42.5 Å². The van der Waals surface area contributed by atoms with Gasteiger partial charge in [-0.15, -0.1) is 0 Å². The number of esters is 1. The van der Waals surface area contributed by atoms with E-state index < -0.39 is 23.5 Å². The van der Waals surface area contributed by atoms with Crippen LogP contribution in [0, 0.1) is 5.82 Å². The molecule has 1 aliphatic rings. The summed E-state index contributed by atoms with van der Waals surface area (Å²) >= 11 is 0.